The van der Waals surface area contributed by atoms with Crippen molar-refractivity contribution in [2.75, 3.05) is 0 Å². The molecule has 1 amide bonds. The van der Waals surface area contributed by atoms with Crippen LogP contribution in [0, 0.1) is 6.92 Å². The van der Waals surface area contributed by atoms with Gasteiger partial charge in [-0.15, -0.1) is 0 Å². The zero-order chi connectivity index (χ0) is 20.5. The smallest absolute Gasteiger partial charge is 0.250 e. The molecule has 29 heavy (non-hydrogen) atoms. The molecule has 3 N–H and O–H groups in total. The predicted octanol–water partition coefficient (Wildman–Crippen LogP) is 4.84. The molecule has 1 aliphatic carbocycles. The number of aliphatic hydroxyl groups is 1. The highest BCUT2D eigenvalue weighted by Crippen LogP contribution is 2.45. The first-order chi connectivity index (χ1) is 14.0. The average molecular weight is 381 g/mol. The number of primary amides is 1. The van der Waals surface area contributed by atoms with E-state index in [0.29, 0.717) is 5.57 Å². The Morgan fingerprint density at radius 1 is 0.897 bits per heavy atom. The van der Waals surface area contributed by atoms with Gasteiger partial charge in [0.2, 0.25) is 0 Å². The molecule has 0 saturated heterocycles. The number of aryl methyl sites for hydroxylation is 1. The first-order valence-electron chi connectivity index (χ1n) is 9.64. The average Bonchev–Trinajstić information content (AvgIpc) is 3.01. The van der Waals surface area contributed by atoms with E-state index in [-0.39, 0.29) is 0 Å². The summed E-state index contributed by atoms with van der Waals surface area (Å²) in [6.45, 7) is 3.93. The standard InChI is InChI=1S/C26H23NO2/c1-16-9-8-14-21-22(17(2)24(23(16)21)25(28)26(27)29)15-19-12-6-7-13-20(19)18-10-4-3-5-11-18/h3-15,25,28H,1-2H3,(H2,27,29)/b22-15-. The number of rotatable bonds is 4. The number of nitrogens with two attached hydrogens (primary N) is 1. The molecule has 3 nitrogen and oxygen atoms in total. The number of fused-ring (bicyclic) bond motifs is 1. The maximum atomic E-state index is 11.8. The quantitative estimate of drug-likeness (QED) is 0.679. The summed E-state index contributed by atoms with van der Waals surface area (Å²) < 4.78 is 0. The van der Waals surface area contributed by atoms with Gasteiger partial charge in [-0.1, -0.05) is 72.8 Å². The number of benzene rings is 3. The van der Waals surface area contributed by atoms with Crippen LogP contribution in [0.2, 0.25) is 0 Å². The van der Waals surface area contributed by atoms with Crippen LogP contribution in [0.5, 0.6) is 0 Å². The van der Waals surface area contributed by atoms with Gasteiger partial charge in [-0.2, -0.15) is 0 Å². The lowest BCUT2D eigenvalue weighted by Gasteiger charge is -2.13. The first-order valence-corrected chi connectivity index (χ1v) is 9.64. The van der Waals surface area contributed by atoms with Gasteiger partial charge in [-0.3, -0.25) is 4.79 Å². The molecule has 4 rings (SSSR count). The van der Waals surface area contributed by atoms with Crippen molar-refractivity contribution in [1.29, 1.82) is 0 Å². The molecule has 0 heterocycles. The third-order valence-electron chi connectivity index (χ3n) is 5.53. The lowest BCUT2D eigenvalue weighted by atomic mass is 9.94. The molecule has 0 saturated carbocycles. The van der Waals surface area contributed by atoms with Crippen molar-refractivity contribution in [3.05, 3.63) is 101 Å². The molecular weight excluding hydrogens is 358 g/mol. The van der Waals surface area contributed by atoms with Crippen molar-refractivity contribution in [1.82, 2.24) is 0 Å². The molecule has 3 aromatic carbocycles. The maximum absolute atomic E-state index is 11.8. The largest absolute Gasteiger partial charge is 0.378 e. The van der Waals surface area contributed by atoms with Gasteiger partial charge in [0.15, 0.2) is 6.10 Å². The summed E-state index contributed by atoms with van der Waals surface area (Å²) in [5, 5.41) is 10.5. The molecule has 3 aromatic rings. The first kappa shape index (κ1) is 18.9. The van der Waals surface area contributed by atoms with E-state index in [9.17, 15) is 9.90 Å². The van der Waals surface area contributed by atoms with E-state index < -0.39 is 12.0 Å². The van der Waals surface area contributed by atoms with Crippen LogP contribution in [-0.4, -0.2) is 17.1 Å². The van der Waals surface area contributed by atoms with Gasteiger partial charge in [-0.25, -0.2) is 0 Å². The molecule has 144 valence electrons. The second-order valence-electron chi connectivity index (χ2n) is 7.35. The van der Waals surface area contributed by atoms with Crippen molar-refractivity contribution < 1.29 is 9.90 Å². The third kappa shape index (κ3) is 3.30. The van der Waals surface area contributed by atoms with Crippen LogP contribution in [0.15, 0.2) is 78.4 Å². The Labute approximate surface area is 170 Å². The lowest BCUT2D eigenvalue weighted by Crippen LogP contribution is -2.29. The third-order valence-corrected chi connectivity index (χ3v) is 5.53. The summed E-state index contributed by atoms with van der Waals surface area (Å²) in [7, 11) is 0. The number of aliphatic hydroxyl groups excluding tert-OH is 1. The fourth-order valence-corrected chi connectivity index (χ4v) is 4.11. The van der Waals surface area contributed by atoms with Gasteiger partial charge in [0.25, 0.3) is 5.91 Å². The topological polar surface area (TPSA) is 63.3 Å². The molecule has 0 fully saturated rings. The molecular formula is C26H23NO2. The Hall–Kier alpha value is -3.43. The van der Waals surface area contributed by atoms with Crippen LogP contribution in [-0.2, 0) is 4.79 Å². The number of amides is 1. The van der Waals surface area contributed by atoms with Crippen LogP contribution in [0.4, 0.5) is 0 Å². The molecule has 1 unspecified atom stereocenters. The van der Waals surface area contributed by atoms with E-state index in [4.69, 9.17) is 5.73 Å². The Bertz CT molecular complexity index is 1160. The summed E-state index contributed by atoms with van der Waals surface area (Å²) in [6.07, 6.45) is 0.807. The van der Waals surface area contributed by atoms with Crippen LogP contribution in [0.1, 0.15) is 29.2 Å². The summed E-state index contributed by atoms with van der Waals surface area (Å²) in [5.74, 6) is -0.737. The number of carbonyl (C=O) groups excluding carboxylic acids is 1. The number of hydrogen-bond acceptors (Lipinski definition) is 2. The highest BCUT2D eigenvalue weighted by atomic mass is 16.3. The zero-order valence-electron chi connectivity index (χ0n) is 16.5. The van der Waals surface area contributed by atoms with E-state index in [0.717, 1.165) is 44.5 Å². The highest BCUT2D eigenvalue weighted by Gasteiger charge is 2.31. The molecule has 3 heteroatoms. The summed E-state index contributed by atoms with van der Waals surface area (Å²) >= 11 is 0. The number of carbonyl (C=O) groups is 1. The molecule has 0 radical (unpaired) electrons. The second kappa shape index (κ2) is 7.53. The monoisotopic (exact) mass is 381 g/mol. The van der Waals surface area contributed by atoms with Gasteiger partial charge in [0.1, 0.15) is 0 Å². The number of hydrogen-bond donors (Lipinski definition) is 2. The van der Waals surface area contributed by atoms with Crippen LogP contribution in [0.25, 0.3) is 28.3 Å². The second-order valence-corrected chi connectivity index (χ2v) is 7.35. The fraction of sp³-hybridized carbons (Fsp3) is 0.115. The highest BCUT2D eigenvalue weighted by molar-refractivity contribution is 6.11. The Morgan fingerprint density at radius 2 is 1.55 bits per heavy atom. The SMILES string of the molecule is CC1=C(C(O)C(N)=O)c2c(C)cccc2/C1=C\c1ccccc1-c1ccccc1. The van der Waals surface area contributed by atoms with Crippen molar-refractivity contribution in [2.24, 2.45) is 5.73 Å². The van der Waals surface area contributed by atoms with Gasteiger partial charge in [-0.05, 0) is 64.5 Å². The van der Waals surface area contributed by atoms with Gasteiger partial charge in [0, 0.05) is 5.57 Å². The van der Waals surface area contributed by atoms with Crippen molar-refractivity contribution in [3.63, 3.8) is 0 Å². The van der Waals surface area contributed by atoms with E-state index in [1.807, 2.05) is 62.4 Å². The molecule has 0 spiro atoms. The van der Waals surface area contributed by atoms with E-state index in [2.05, 4.69) is 30.3 Å². The molecule has 0 aromatic heterocycles. The van der Waals surface area contributed by atoms with Crippen LogP contribution in [0.3, 0.4) is 0 Å². The van der Waals surface area contributed by atoms with Gasteiger partial charge >= 0.3 is 0 Å². The van der Waals surface area contributed by atoms with Crippen molar-refractivity contribution in [3.8, 4) is 11.1 Å². The molecule has 1 aliphatic rings. The number of allylic oxidation sites excluding steroid dienone is 2. The Balaban J connectivity index is 1.94. The van der Waals surface area contributed by atoms with E-state index in [1.54, 1.807) is 0 Å². The summed E-state index contributed by atoms with van der Waals surface area (Å²) in [4.78, 5) is 11.8. The molecule has 1 atom stereocenters. The lowest BCUT2D eigenvalue weighted by molar-refractivity contribution is -0.123. The van der Waals surface area contributed by atoms with E-state index >= 15 is 0 Å². The van der Waals surface area contributed by atoms with Gasteiger partial charge < -0.3 is 10.8 Å². The zero-order valence-corrected chi connectivity index (χ0v) is 16.5. The summed E-state index contributed by atoms with van der Waals surface area (Å²) in [5.41, 5.74) is 14.2. The van der Waals surface area contributed by atoms with Crippen molar-refractivity contribution in [2.45, 2.75) is 20.0 Å². The minimum absolute atomic E-state index is 0.606. The Morgan fingerprint density at radius 3 is 2.28 bits per heavy atom. The fourth-order valence-electron chi connectivity index (χ4n) is 4.11. The normalized spacial score (nSPS) is 15.5. The molecule has 0 bridgehead atoms. The van der Waals surface area contributed by atoms with Crippen molar-refractivity contribution >= 4 is 23.1 Å². The van der Waals surface area contributed by atoms with Crippen LogP contribution < -0.4 is 5.73 Å². The minimum Gasteiger partial charge on any atom is -0.378 e. The van der Waals surface area contributed by atoms with Crippen LogP contribution >= 0.6 is 0 Å². The van der Waals surface area contributed by atoms with Gasteiger partial charge in [0.05, 0.1) is 0 Å². The summed E-state index contributed by atoms with van der Waals surface area (Å²) in [6, 6.07) is 24.5. The minimum atomic E-state index is -1.33. The maximum Gasteiger partial charge on any atom is 0.250 e. The van der Waals surface area contributed by atoms with E-state index in [1.165, 1.54) is 0 Å². The predicted molar refractivity (Wildman–Crippen MR) is 119 cm³/mol. The molecule has 0 aliphatic heterocycles. The Kier molecular flexibility index (Phi) is 4.91.